The molecular weight excluding hydrogens is 504 g/mol. The normalized spacial score (nSPS) is 17.2. The van der Waals surface area contributed by atoms with Gasteiger partial charge in [0.2, 0.25) is 0 Å². The van der Waals surface area contributed by atoms with Crippen molar-refractivity contribution in [3.8, 4) is 5.75 Å². The maximum atomic E-state index is 13.8. The van der Waals surface area contributed by atoms with Gasteiger partial charge in [0.25, 0.3) is 11.7 Å². The highest BCUT2D eigenvalue weighted by molar-refractivity contribution is 6.52. The van der Waals surface area contributed by atoms with Gasteiger partial charge in [0, 0.05) is 21.3 Å². The van der Waals surface area contributed by atoms with Crippen LogP contribution in [0.4, 0.5) is 10.1 Å². The standard InChI is InChI=1S/C28H24Cl2FNO4/c1-14(2)21-13-22(15(3)9-23(21)36-4)26(33)24-25(16-5-7-19(31)8-6-16)32(28(35)27(24)34)20-11-17(29)10-18(30)12-20/h5-14,25,33H,1-4H3/b26-24+. The number of nitrogens with zero attached hydrogens (tertiary/aromatic N) is 1. The number of carbonyl (C=O) groups is 2. The molecule has 1 amide bonds. The Morgan fingerprint density at radius 1 is 1.03 bits per heavy atom. The van der Waals surface area contributed by atoms with Crippen molar-refractivity contribution in [2.45, 2.75) is 32.7 Å². The minimum absolute atomic E-state index is 0.0657. The Balaban J connectivity index is 2.00. The quantitative estimate of drug-likeness (QED) is 0.216. The third-order valence-corrected chi connectivity index (χ3v) is 6.65. The summed E-state index contributed by atoms with van der Waals surface area (Å²) in [4.78, 5) is 28.0. The largest absolute Gasteiger partial charge is 0.507 e. The van der Waals surface area contributed by atoms with Crippen LogP contribution < -0.4 is 9.64 Å². The molecule has 1 unspecified atom stereocenters. The first-order chi connectivity index (χ1) is 17.0. The summed E-state index contributed by atoms with van der Waals surface area (Å²) in [7, 11) is 1.57. The second-order valence-corrected chi connectivity index (χ2v) is 9.78. The molecule has 1 heterocycles. The third kappa shape index (κ3) is 4.59. The summed E-state index contributed by atoms with van der Waals surface area (Å²) >= 11 is 12.4. The van der Waals surface area contributed by atoms with E-state index in [1.165, 1.54) is 47.4 Å². The lowest BCUT2D eigenvalue weighted by molar-refractivity contribution is -0.132. The number of aliphatic hydroxyl groups is 1. The van der Waals surface area contributed by atoms with Crippen LogP contribution in [0.25, 0.3) is 5.76 Å². The molecule has 3 aromatic carbocycles. The number of hydrogen-bond donors (Lipinski definition) is 1. The molecule has 1 fully saturated rings. The van der Waals surface area contributed by atoms with Crippen molar-refractivity contribution in [1.29, 1.82) is 0 Å². The van der Waals surface area contributed by atoms with Crippen molar-refractivity contribution < 1.29 is 23.8 Å². The summed E-state index contributed by atoms with van der Waals surface area (Å²) < 4.78 is 19.3. The molecule has 36 heavy (non-hydrogen) atoms. The zero-order valence-electron chi connectivity index (χ0n) is 20.1. The molecule has 1 saturated heterocycles. The fraction of sp³-hybridized carbons (Fsp3) is 0.214. The first kappa shape index (κ1) is 25.7. The number of Topliss-reactive ketones (excluding diaryl/α,β-unsaturated/α-hetero) is 1. The first-order valence-corrected chi connectivity index (χ1v) is 12.0. The smallest absolute Gasteiger partial charge is 0.300 e. The number of ether oxygens (including phenoxy) is 1. The van der Waals surface area contributed by atoms with Gasteiger partial charge in [0.15, 0.2) is 0 Å². The minimum atomic E-state index is -1.04. The van der Waals surface area contributed by atoms with Crippen LogP contribution in [-0.2, 0) is 9.59 Å². The Kier molecular flexibility index (Phi) is 7.12. The summed E-state index contributed by atoms with van der Waals surface area (Å²) in [6, 6.07) is 12.4. The van der Waals surface area contributed by atoms with Gasteiger partial charge < -0.3 is 9.84 Å². The van der Waals surface area contributed by atoms with Crippen LogP contribution in [-0.4, -0.2) is 23.9 Å². The Morgan fingerprint density at radius 3 is 2.19 bits per heavy atom. The molecule has 1 atom stereocenters. The molecule has 0 radical (unpaired) electrons. The SMILES string of the molecule is COc1cc(C)c(/C(O)=C2\C(=O)C(=O)N(c3cc(Cl)cc(Cl)c3)C2c2ccc(F)cc2)cc1C(C)C. The van der Waals surface area contributed by atoms with E-state index in [-0.39, 0.29) is 33.0 Å². The van der Waals surface area contributed by atoms with Crippen molar-refractivity contribution in [2.24, 2.45) is 0 Å². The van der Waals surface area contributed by atoms with E-state index >= 15 is 0 Å². The van der Waals surface area contributed by atoms with Crippen LogP contribution in [0.3, 0.4) is 0 Å². The van der Waals surface area contributed by atoms with Crippen molar-refractivity contribution >= 4 is 46.3 Å². The zero-order chi connectivity index (χ0) is 26.3. The maximum absolute atomic E-state index is 13.8. The monoisotopic (exact) mass is 527 g/mol. The van der Waals surface area contributed by atoms with Gasteiger partial charge in [-0.15, -0.1) is 0 Å². The van der Waals surface area contributed by atoms with Crippen LogP contribution in [0.2, 0.25) is 10.0 Å². The van der Waals surface area contributed by atoms with Gasteiger partial charge in [-0.3, -0.25) is 14.5 Å². The fourth-order valence-electron chi connectivity index (χ4n) is 4.46. The average molecular weight is 528 g/mol. The van der Waals surface area contributed by atoms with E-state index in [1.54, 1.807) is 26.2 Å². The average Bonchev–Trinajstić information content (AvgIpc) is 3.08. The lowest BCUT2D eigenvalue weighted by Crippen LogP contribution is -2.29. The number of rotatable bonds is 5. The van der Waals surface area contributed by atoms with Gasteiger partial charge in [0.05, 0.1) is 18.7 Å². The molecule has 186 valence electrons. The van der Waals surface area contributed by atoms with E-state index in [4.69, 9.17) is 27.9 Å². The highest BCUT2D eigenvalue weighted by atomic mass is 35.5. The second kappa shape index (κ2) is 9.96. The number of methoxy groups -OCH3 is 1. The number of carbonyl (C=O) groups excluding carboxylic acids is 2. The van der Waals surface area contributed by atoms with E-state index in [2.05, 4.69) is 0 Å². The predicted octanol–water partition coefficient (Wildman–Crippen LogP) is 7.20. The zero-order valence-corrected chi connectivity index (χ0v) is 21.6. The number of amides is 1. The van der Waals surface area contributed by atoms with E-state index in [1.807, 2.05) is 13.8 Å². The molecule has 1 N–H and O–H groups in total. The number of aryl methyl sites for hydroxylation is 1. The van der Waals surface area contributed by atoms with Gasteiger partial charge >= 0.3 is 0 Å². The van der Waals surface area contributed by atoms with Gasteiger partial charge in [-0.1, -0.05) is 49.2 Å². The van der Waals surface area contributed by atoms with Crippen molar-refractivity contribution in [2.75, 3.05) is 12.0 Å². The second-order valence-electron chi connectivity index (χ2n) is 8.91. The van der Waals surface area contributed by atoms with Crippen LogP contribution in [0.1, 0.15) is 48.1 Å². The molecule has 0 bridgehead atoms. The summed E-state index contributed by atoms with van der Waals surface area (Å²) in [6.07, 6.45) is 0. The number of benzene rings is 3. The van der Waals surface area contributed by atoms with E-state index in [9.17, 15) is 19.1 Å². The predicted molar refractivity (Wildman–Crippen MR) is 139 cm³/mol. The summed E-state index contributed by atoms with van der Waals surface area (Å²) in [5, 5.41) is 12.1. The summed E-state index contributed by atoms with van der Waals surface area (Å²) in [6.45, 7) is 5.75. The fourth-order valence-corrected chi connectivity index (χ4v) is 4.98. The molecule has 4 rings (SSSR count). The number of aliphatic hydroxyl groups excluding tert-OH is 1. The summed E-state index contributed by atoms with van der Waals surface area (Å²) in [5.41, 5.74) is 2.47. The first-order valence-electron chi connectivity index (χ1n) is 11.2. The van der Waals surface area contributed by atoms with Crippen LogP contribution in [0.5, 0.6) is 5.75 Å². The van der Waals surface area contributed by atoms with E-state index in [0.717, 1.165) is 5.56 Å². The number of ketones is 1. The van der Waals surface area contributed by atoms with E-state index < -0.39 is 23.5 Å². The van der Waals surface area contributed by atoms with Gasteiger partial charge in [-0.2, -0.15) is 0 Å². The van der Waals surface area contributed by atoms with Crippen LogP contribution in [0, 0.1) is 12.7 Å². The van der Waals surface area contributed by atoms with Crippen molar-refractivity contribution in [1.82, 2.24) is 0 Å². The third-order valence-electron chi connectivity index (χ3n) is 6.21. The number of halogens is 3. The Morgan fingerprint density at radius 2 is 1.64 bits per heavy atom. The Labute approximate surface area is 218 Å². The summed E-state index contributed by atoms with van der Waals surface area (Å²) in [5.74, 6) is -1.83. The topological polar surface area (TPSA) is 66.8 Å². The highest BCUT2D eigenvalue weighted by Crippen LogP contribution is 2.44. The molecule has 8 heteroatoms. The van der Waals surface area contributed by atoms with Crippen LogP contribution in [0.15, 0.2) is 60.2 Å². The molecule has 1 aliphatic heterocycles. The van der Waals surface area contributed by atoms with Crippen molar-refractivity contribution in [3.05, 3.63) is 98.3 Å². The highest BCUT2D eigenvalue weighted by Gasteiger charge is 2.47. The molecule has 0 aliphatic carbocycles. The molecule has 0 spiro atoms. The number of anilines is 1. The lowest BCUT2D eigenvalue weighted by atomic mass is 9.91. The Bertz CT molecular complexity index is 1380. The minimum Gasteiger partial charge on any atom is -0.507 e. The molecule has 0 aromatic heterocycles. The molecule has 5 nitrogen and oxygen atoms in total. The van der Waals surface area contributed by atoms with Gasteiger partial charge in [-0.05, 0) is 72.0 Å². The van der Waals surface area contributed by atoms with Gasteiger partial charge in [0.1, 0.15) is 17.3 Å². The molecular formula is C28H24Cl2FNO4. The van der Waals surface area contributed by atoms with E-state index in [0.29, 0.717) is 22.4 Å². The maximum Gasteiger partial charge on any atom is 0.300 e. The van der Waals surface area contributed by atoms with Crippen molar-refractivity contribution in [3.63, 3.8) is 0 Å². The lowest BCUT2D eigenvalue weighted by Gasteiger charge is -2.26. The number of hydrogen-bond acceptors (Lipinski definition) is 4. The van der Waals surface area contributed by atoms with Gasteiger partial charge in [-0.25, -0.2) is 4.39 Å². The Hall–Kier alpha value is -3.35. The molecule has 0 saturated carbocycles. The molecule has 1 aliphatic rings. The van der Waals surface area contributed by atoms with Crippen LogP contribution >= 0.6 is 23.2 Å². The molecule has 3 aromatic rings.